The molecule has 0 saturated carbocycles. The fourth-order valence-corrected chi connectivity index (χ4v) is 3.35. The zero-order chi connectivity index (χ0) is 19.5. The molecule has 0 bridgehead atoms. The molecule has 0 atom stereocenters. The first kappa shape index (κ1) is 18.2. The van der Waals surface area contributed by atoms with Gasteiger partial charge in [0.15, 0.2) is 0 Å². The van der Waals surface area contributed by atoms with Crippen LogP contribution in [0, 0.1) is 6.92 Å². The van der Waals surface area contributed by atoms with E-state index in [1.165, 1.54) is 5.56 Å². The molecule has 1 aliphatic rings. The number of anilines is 1. The molecule has 1 amide bonds. The van der Waals surface area contributed by atoms with Crippen LogP contribution >= 0.6 is 0 Å². The van der Waals surface area contributed by atoms with Gasteiger partial charge in [0.05, 0.1) is 13.2 Å². The predicted octanol–water partition coefficient (Wildman–Crippen LogP) is 3.78. The van der Waals surface area contributed by atoms with Gasteiger partial charge in [-0.2, -0.15) is 0 Å². The number of morpholine rings is 1. The summed E-state index contributed by atoms with van der Waals surface area (Å²) in [6.07, 6.45) is 1.77. The molecule has 0 unspecified atom stereocenters. The quantitative estimate of drug-likeness (QED) is 0.759. The van der Waals surface area contributed by atoms with E-state index in [1.807, 2.05) is 35.2 Å². The minimum Gasteiger partial charge on any atom is -0.383 e. The second-order valence-electron chi connectivity index (χ2n) is 7.00. The lowest BCUT2D eigenvalue weighted by Gasteiger charge is -2.26. The third-order valence-electron chi connectivity index (χ3n) is 5.04. The molecule has 3 aromatic rings. The molecule has 28 heavy (non-hydrogen) atoms. The number of ether oxygens (including phenoxy) is 1. The highest BCUT2D eigenvalue weighted by Gasteiger charge is 2.18. The Balaban J connectivity index is 1.60. The first-order chi connectivity index (χ1) is 13.6. The van der Waals surface area contributed by atoms with E-state index < -0.39 is 0 Å². The van der Waals surface area contributed by atoms with Crippen LogP contribution in [0.4, 0.5) is 5.82 Å². The summed E-state index contributed by atoms with van der Waals surface area (Å²) >= 11 is 0. The van der Waals surface area contributed by atoms with Crippen molar-refractivity contribution in [2.45, 2.75) is 6.92 Å². The van der Waals surface area contributed by atoms with Crippen LogP contribution in [0.25, 0.3) is 22.3 Å². The number of benzene rings is 2. The summed E-state index contributed by atoms with van der Waals surface area (Å²) in [4.78, 5) is 18.8. The summed E-state index contributed by atoms with van der Waals surface area (Å²) in [6.45, 7) is 4.54. The van der Waals surface area contributed by atoms with E-state index in [4.69, 9.17) is 10.5 Å². The predicted molar refractivity (Wildman–Crippen MR) is 111 cm³/mol. The molecular formula is C23H23N3O2. The Morgan fingerprint density at radius 3 is 2.29 bits per heavy atom. The van der Waals surface area contributed by atoms with E-state index in [2.05, 4.69) is 36.2 Å². The normalized spacial score (nSPS) is 14.1. The summed E-state index contributed by atoms with van der Waals surface area (Å²) in [7, 11) is 0. The Kier molecular flexibility index (Phi) is 5.08. The Labute approximate surface area is 164 Å². The largest absolute Gasteiger partial charge is 0.383 e. The number of rotatable bonds is 3. The maximum atomic E-state index is 12.6. The molecule has 1 fully saturated rings. The van der Waals surface area contributed by atoms with Crippen molar-refractivity contribution in [1.82, 2.24) is 9.88 Å². The molecule has 0 aliphatic carbocycles. The molecule has 142 valence electrons. The van der Waals surface area contributed by atoms with Crippen molar-refractivity contribution < 1.29 is 9.53 Å². The minimum absolute atomic E-state index is 0.0469. The lowest BCUT2D eigenvalue weighted by molar-refractivity contribution is 0.0303. The molecule has 2 heterocycles. The second kappa shape index (κ2) is 7.82. The summed E-state index contributed by atoms with van der Waals surface area (Å²) < 4.78 is 5.32. The zero-order valence-corrected chi connectivity index (χ0v) is 15.9. The Hall–Kier alpha value is -3.18. The van der Waals surface area contributed by atoms with Gasteiger partial charge in [-0.1, -0.05) is 42.0 Å². The standard InChI is InChI=1S/C23H23N3O2/c1-16-2-4-18(5-3-16)21-14-20(15-25-22(21)24)17-6-8-19(9-7-17)23(27)26-10-12-28-13-11-26/h2-9,14-15H,10-13H2,1H3,(H2,24,25). The first-order valence-electron chi connectivity index (χ1n) is 9.42. The Morgan fingerprint density at radius 2 is 1.61 bits per heavy atom. The number of carbonyl (C=O) groups excluding carboxylic acids is 1. The van der Waals surface area contributed by atoms with Crippen molar-refractivity contribution in [3.05, 3.63) is 71.9 Å². The van der Waals surface area contributed by atoms with Gasteiger partial charge in [-0.05, 0) is 36.2 Å². The smallest absolute Gasteiger partial charge is 0.254 e. The lowest BCUT2D eigenvalue weighted by atomic mass is 9.99. The molecule has 4 rings (SSSR count). The van der Waals surface area contributed by atoms with Gasteiger partial charge in [-0.15, -0.1) is 0 Å². The highest BCUT2D eigenvalue weighted by molar-refractivity contribution is 5.95. The van der Waals surface area contributed by atoms with Crippen LogP contribution < -0.4 is 5.73 Å². The zero-order valence-electron chi connectivity index (χ0n) is 15.9. The highest BCUT2D eigenvalue weighted by atomic mass is 16.5. The van der Waals surface area contributed by atoms with E-state index in [1.54, 1.807) is 6.20 Å². The molecular weight excluding hydrogens is 350 g/mol. The fraction of sp³-hybridized carbons (Fsp3) is 0.217. The number of aryl methyl sites for hydroxylation is 1. The molecule has 0 radical (unpaired) electrons. The van der Waals surface area contributed by atoms with Crippen molar-refractivity contribution in [3.63, 3.8) is 0 Å². The number of hydrogen-bond acceptors (Lipinski definition) is 4. The number of pyridine rings is 1. The Bertz CT molecular complexity index is 976. The summed E-state index contributed by atoms with van der Waals surface area (Å²) in [5.74, 6) is 0.553. The van der Waals surface area contributed by atoms with Gasteiger partial charge in [0.1, 0.15) is 5.82 Å². The summed E-state index contributed by atoms with van der Waals surface area (Å²) in [5.41, 5.74) is 11.9. The van der Waals surface area contributed by atoms with Crippen molar-refractivity contribution in [3.8, 4) is 22.3 Å². The summed E-state index contributed by atoms with van der Waals surface area (Å²) in [5, 5.41) is 0. The molecule has 5 heteroatoms. The number of nitrogens with two attached hydrogens (primary N) is 1. The average Bonchev–Trinajstić information content (AvgIpc) is 2.75. The number of carbonyl (C=O) groups is 1. The summed E-state index contributed by atoms with van der Waals surface area (Å²) in [6, 6.07) is 17.9. The van der Waals surface area contributed by atoms with Crippen LogP contribution in [0.2, 0.25) is 0 Å². The van der Waals surface area contributed by atoms with Crippen LogP contribution in [0.3, 0.4) is 0 Å². The van der Waals surface area contributed by atoms with Gasteiger partial charge in [0.25, 0.3) is 5.91 Å². The van der Waals surface area contributed by atoms with Gasteiger partial charge in [-0.25, -0.2) is 4.98 Å². The number of aromatic nitrogens is 1. The van der Waals surface area contributed by atoms with Gasteiger partial charge in [0.2, 0.25) is 0 Å². The van der Waals surface area contributed by atoms with E-state index in [0.717, 1.165) is 22.3 Å². The van der Waals surface area contributed by atoms with Crippen LogP contribution in [-0.4, -0.2) is 42.1 Å². The van der Waals surface area contributed by atoms with E-state index in [-0.39, 0.29) is 5.91 Å². The topological polar surface area (TPSA) is 68.5 Å². The number of amides is 1. The minimum atomic E-state index is 0.0469. The van der Waals surface area contributed by atoms with E-state index in [9.17, 15) is 4.79 Å². The maximum Gasteiger partial charge on any atom is 0.254 e. The van der Waals surface area contributed by atoms with Gasteiger partial charge in [-0.3, -0.25) is 4.79 Å². The average molecular weight is 373 g/mol. The lowest BCUT2D eigenvalue weighted by Crippen LogP contribution is -2.40. The Morgan fingerprint density at radius 1 is 0.964 bits per heavy atom. The van der Waals surface area contributed by atoms with Crippen molar-refractivity contribution in [2.75, 3.05) is 32.0 Å². The monoisotopic (exact) mass is 373 g/mol. The SMILES string of the molecule is Cc1ccc(-c2cc(-c3ccc(C(=O)N4CCOCC4)cc3)cnc2N)cc1. The highest BCUT2D eigenvalue weighted by Crippen LogP contribution is 2.30. The molecule has 2 N–H and O–H groups in total. The second-order valence-corrected chi connectivity index (χ2v) is 7.00. The first-order valence-corrected chi connectivity index (χ1v) is 9.42. The van der Waals surface area contributed by atoms with Crippen LogP contribution in [0.15, 0.2) is 60.8 Å². The third kappa shape index (κ3) is 3.75. The van der Waals surface area contributed by atoms with Crippen molar-refractivity contribution >= 4 is 11.7 Å². The van der Waals surface area contributed by atoms with E-state index in [0.29, 0.717) is 37.7 Å². The van der Waals surface area contributed by atoms with Crippen LogP contribution in [0.1, 0.15) is 15.9 Å². The van der Waals surface area contributed by atoms with Crippen molar-refractivity contribution in [2.24, 2.45) is 0 Å². The molecule has 1 saturated heterocycles. The maximum absolute atomic E-state index is 12.6. The van der Waals surface area contributed by atoms with Gasteiger partial charge < -0.3 is 15.4 Å². The van der Waals surface area contributed by atoms with Gasteiger partial charge >= 0.3 is 0 Å². The van der Waals surface area contributed by atoms with Crippen molar-refractivity contribution in [1.29, 1.82) is 0 Å². The molecule has 1 aliphatic heterocycles. The molecule has 1 aromatic heterocycles. The van der Waals surface area contributed by atoms with Crippen LogP contribution in [0.5, 0.6) is 0 Å². The fourth-order valence-electron chi connectivity index (χ4n) is 3.35. The molecule has 2 aromatic carbocycles. The molecule has 0 spiro atoms. The molecule has 5 nitrogen and oxygen atoms in total. The van der Waals surface area contributed by atoms with E-state index >= 15 is 0 Å². The third-order valence-corrected chi connectivity index (χ3v) is 5.04. The number of nitrogens with zero attached hydrogens (tertiary/aromatic N) is 2. The van der Waals surface area contributed by atoms with Crippen LogP contribution in [-0.2, 0) is 4.74 Å². The van der Waals surface area contributed by atoms with Gasteiger partial charge in [0, 0.05) is 36.0 Å². The number of nitrogen functional groups attached to an aromatic ring is 1. The number of hydrogen-bond donors (Lipinski definition) is 1.